The van der Waals surface area contributed by atoms with Gasteiger partial charge < -0.3 is 14.8 Å². The molecular weight excluding hydrogens is 372 g/mol. The fourth-order valence-corrected chi connectivity index (χ4v) is 2.80. The van der Waals surface area contributed by atoms with Gasteiger partial charge in [0.25, 0.3) is 5.91 Å². The minimum Gasteiger partial charge on any atom is -0.474 e. The Morgan fingerprint density at radius 1 is 1.29 bits per heavy atom. The van der Waals surface area contributed by atoms with Crippen LogP contribution in [0.1, 0.15) is 28.8 Å². The number of hydrogen-bond acceptors (Lipinski definition) is 4. The molecule has 0 spiro atoms. The summed E-state index contributed by atoms with van der Waals surface area (Å²) >= 11 is 3.46. The number of nitrogens with one attached hydrogen (secondary N) is 1. The molecule has 1 amide bonds. The van der Waals surface area contributed by atoms with Crippen LogP contribution in [0.4, 0.5) is 5.69 Å². The second-order valence-electron chi connectivity index (χ2n) is 5.73. The van der Waals surface area contributed by atoms with Crippen LogP contribution >= 0.6 is 15.9 Å². The van der Waals surface area contributed by atoms with Gasteiger partial charge in [-0.3, -0.25) is 4.79 Å². The highest BCUT2D eigenvalue weighted by molar-refractivity contribution is 9.10. The van der Waals surface area contributed by atoms with Gasteiger partial charge in [-0.15, -0.1) is 0 Å². The van der Waals surface area contributed by atoms with Crippen LogP contribution < -0.4 is 10.1 Å². The maximum absolute atomic E-state index is 12.3. The van der Waals surface area contributed by atoms with Crippen molar-refractivity contribution in [3.05, 3.63) is 52.1 Å². The van der Waals surface area contributed by atoms with Gasteiger partial charge in [-0.2, -0.15) is 0 Å². The van der Waals surface area contributed by atoms with Crippen LogP contribution in [0.15, 0.2) is 41.0 Å². The highest BCUT2D eigenvalue weighted by Gasteiger charge is 2.16. The molecule has 24 heavy (non-hydrogen) atoms. The van der Waals surface area contributed by atoms with Crippen molar-refractivity contribution in [2.45, 2.75) is 25.9 Å². The van der Waals surface area contributed by atoms with E-state index in [9.17, 15) is 4.79 Å². The van der Waals surface area contributed by atoms with E-state index in [2.05, 4.69) is 26.2 Å². The SMILES string of the molecule is Cc1ccc(NC(=O)c2ccc(OC3CCOCC3)nc2)cc1Br. The largest absolute Gasteiger partial charge is 0.474 e. The van der Waals surface area contributed by atoms with Gasteiger partial charge >= 0.3 is 0 Å². The molecule has 0 unspecified atom stereocenters. The zero-order valence-electron chi connectivity index (χ0n) is 13.4. The van der Waals surface area contributed by atoms with Crippen LogP contribution in [-0.4, -0.2) is 30.2 Å². The molecule has 0 bridgehead atoms. The van der Waals surface area contributed by atoms with E-state index in [1.807, 2.05) is 25.1 Å². The molecule has 0 aliphatic carbocycles. The fourth-order valence-electron chi connectivity index (χ4n) is 2.42. The second kappa shape index (κ2) is 7.77. The summed E-state index contributed by atoms with van der Waals surface area (Å²) < 4.78 is 12.1. The highest BCUT2D eigenvalue weighted by atomic mass is 79.9. The van der Waals surface area contributed by atoms with Crippen LogP contribution in [0, 0.1) is 6.92 Å². The molecule has 3 rings (SSSR count). The van der Waals surface area contributed by atoms with Crippen LogP contribution in [0.2, 0.25) is 0 Å². The van der Waals surface area contributed by atoms with Crippen molar-refractivity contribution in [3.63, 3.8) is 0 Å². The number of anilines is 1. The van der Waals surface area contributed by atoms with E-state index in [1.54, 1.807) is 12.1 Å². The van der Waals surface area contributed by atoms with Gasteiger partial charge in [-0.25, -0.2) is 4.98 Å². The van der Waals surface area contributed by atoms with Crippen molar-refractivity contribution >= 4 is 27.5 Å². The Balaban J connectivity index is 1.61. The molecule has 6 heteroatoms. The molecule has 1 saturated heterocycles. The van der Waals surface area contributed by atoms with E-state index in [1.165, 1.54) is 6.20 Å². The fraction of sp³-hybridized carbons (Fsp3) is 0.333. The molecule has 1 aromatic heterocycles. The van der Waals surface area contributed by atoms with Crippen LogP contribution in [0.3, 0.4) is 0 Å². The normalized spacial score (nSPS) is 15.1. The van der Waals surface area contributed by atoms with Crippen molar-refractivity contribution in [1.82, 2.24) is 4.98 Å². The first kappa shape index (κ1) is 16.9. The molecule has 1 aromatic carbocycles. The molecule has 1 aliphatic heterocycles. The Morgan fingerprint density at radius 3 is 2.75 bits per heavy atom. The number of carbonyl (C=O) groups excluding carboxylic acids is 1. The van der Waals surface area contributed by atoms with E-state index in [-0.39, 0.29) is 12.0 Å². The van der Waals surface area contributed by atoms with Gasteiger partial charge in [0.05, 0.1) is 18.8 Å². The number of rotatable bonds is 4. The number of pyridine rings is 1. The van der Waals surface area contributed by atoms with Crippen molar-refractivity contribution in [2.24, 2.45) is 0 Å². The smallest absolute Gasteiger partial charge is 0.257 e. The molecule has 0 radical (unpaired) electrons. The zero-order valence-corrected chi connectivity index (χ0v) is 15.0. The molecule has 5 nitrogen and oxygen atoms in total. The summed E-state index contributed by atoms with van der Waals surface area (Å²) in [5, 5.41) is 2.86. The summed E-state index contributed by atoms with van der Waals surface area (Å²) in [6.07, 6.45) is 3.40. The number of nitrogens with zero attached hydrogens (tertiary/aromatic N) is 1. The van der Waals surface area contributed by atoms with Crippen LogP contribution in [0.5, 0.6) is 5.88 Å². The number of ether oxygens (including phenoxy) is 2. The number of amides is 1. The Labute approximate surface area is 149 Å². The van der Waals surface area contributed by atoms with Crippen molar-refractivity contribution in [3.8, 4) is 5.88 Å². The summed E-state index contributed by atoms with van der Waals surface area (Å²) in [5.41, 5.74) is 2.34. The summed E-state index contributed by atoms with van der Waals surface area (Å²) in [6.45, 7) is 3.44. The number of aromatic nitrogens is 1. The predicted octanol–water partition coefficient (Wildman–Crippen LogP) is 3.96. The second-order valence-corrected chi connectivity index (χ2v) is 6.59. The molecule has 126 valence electrons. The minimum absolute atomic E-state index is 0.135. The summed E-state index contributed by atoms with van der Waals surface area (Å²) in [6, 6.07) is 9.15. The van der Waals surface area contributed by atoms with Crippen LogP contribution in [-0.2, 0) is 4.74 Å². The lowest BCUT2D eigenvalue weighted by molar-refractivity contribution is 0.0237. The molecule has 2 heterocycles. The first-order chi connectivity index (χ1) is 11.6. The van der Waals surface area contributed by atoms with Gasteiger partial charge in [0.1, 0.15) is 6.10 Å². The third kappa shape index (κ3) is 4.33. The van der Waals surface area contributed by atoms with Crippen molar-refractivity contribution in [2.75, 3.05) is 18.5 Å². The number of halogens is 1. The lowest BCUT2D eigenvalue weighted by Gasteiger charge is -2.22. The topological polar surface area (TPSA) is 60.5 Å². The van der Waals surface area contributed by atoms with E-state index in [4.69, 9.17) is 9.47 Å². The first-order valence-corrected chi connectivity index (χ1v) is 8.69. The predicted molar refractivity (Wildman–Crippen MR) is 95.5 cm³/mol. The quantitative estimate of drug-likeness (QED) is 0.857. The number of benzene rings is 1. The van der Waals surface area contributed by atoms with Gasteiger partial charge in [0.15, 0.2) is 0 Å². The minimum atomic E-state index is -0.198. The molecule has 0 atom stereocenters. The van der Waals surface area contributed by atoms with Crippen molar-refractivity contribution in [1.29, 1.82) is 0 Å². The monoisotopic (exact) mass is 390 g/mol. The van der Waals surface area contributed by atoms with E-state index in [0.29, 0.717) is 11.4 Å². The van der Waals surface area contributed by atoms with E-state index >= 15 is 0 Å². The molecule has 1 N–H and O–H groups in total. The molecule has 2 aromatic rings. The van der Waals surface area contributed by atoms with Gasteiger partial charge in [-0.1, -0.05) is 22.0 Å². The maximum atomic E-state index is 12.3. The van der Waals surface area contributed by atoms with E-state index < -0.39 is 0 Å². The highest BCUT2D eigenvalue weighted by Crippen LogP contribution is 2.21. The summed E-state index contributed by atoms with van der Waals surface area (Å²) in [5.74, 6) is 0.340. The van der Waals surface area contributed by atoms with Gasteiger partial charge in [0, 0.05) is 35.3 Å². The first-order valence-electron chi connectivity index (χ1n) is 7.90. The summed E-state index contributed by atoms with van der Waals surface area (Å²) in [7, 11) is 0. The lowest BCUT2D eigenvalue weighted by Crippen LogP contribution is -2.26. The Kier molecular flexibility index (Phi) is 5.48. The average Bonchev–Trinajstić information content (AvgIpc) is 2.60. The number of hydrogen-bond donors (Lipinski definition) is 1. The van der Waals surface area contributed by atoms with Gasteiger partial charge in [0.2, 0.25) is 5.88 Å². The Hall–Kier alpha value is -1.92. The summed E-state index contributed by atoms with van der Waals surface area (Å²) in [4.78, 5) is 16.5. The molecular formula is C18H19BrN2O3. The molecule has 0 saturated carbocycles. The third-order valence-corrected chi connectivity index (χ3v) is 4.74. The average molecular weight is 391 g/mol. The molecule has 1 aliphatic rings. The Bertz CT molecular complexity index is 713. The lowest BCUT2D eigenvalue weighted by atomic mass is 10.1. The molecule has 1 fully saturated rings. The number of aryl methyl sites for hydroxylation is 1. The Morgan fingerprint density at radius 2 is 2.08 bits per heavy atom. The van der Waals surface area contributed by atoms with Gasteiger partial charge in [-0.05, 0) is 30.7 Å². The standard InChI is InChI=1S/C18H19BrN2O3/c1-12-2-4-14(10-16(12)19)21-18(22)13-3-5-17(20-11-13)24-15-6-8-23-9-7-15/h2-5,10-11,15H,6-9H2,1H3,(H,21,22). The van der Waals surface area contributed by atoms with Crippen LogP contribution in [0.25, 0.3) is 0 Å². The van der Waals surface area contributed by atoms with Crippen molar-refractivity contribution < 1.29 is 14.3 Å². The third-order valence-electron chi connectivity index (χ3n) is 3.88. The maximum Gasteiger partial charge on any atom is 0.257 e. The number of carbonyl (C=O) groups is 1. The van der Waals surface area contributed by atoms with E-state index in [0.717, 1.165) is 41.8 Å². The zero-order chi connectivity index (χ0) is 16.9.